The van der Waals surface area contributed by atoms with Crippen molar-refractivity contribution in [3.63, 3.8) is 0 Å². The zero-order valence-corrected chi connectivity index (χ0v) is 16.2. The first-order chi connectivity index (χ1) is 13.1. The number of nitrogens with zero attached hydrogens (tertiary/aromatic N) is 3. The van der Waals surface area contributed by atoms with Gasteiger partial charge in [-0.15, -0.1) is 0 Å². The van der Waals surface area contributed by atoms with Crippen molar-refractivity contribution in [3.05, 3.63) is 53.5 Å². The first-order valence-corrected chi connectivity index (χ1v) is 9.73. The summed E-state index contributed by atoms with van der Waals surface area (Å²) in [6, 6.07) is 10.2. The second-order valence-corrected chi connectivity index (χ2v) is 7.23. The number of piperidine rings is 1. The van der Waals surface area contributed by atoms with Crippen molar-refractivity contribution in [2.75, 3.05) is 25.5 Å². The molecule has 2 aromatic rings. The van der Waals surface area contributed by atoms with Crippen LogP contribution in [0.1, 0.15) is 47.4 Å². The van der Waals surface area contributed by atoms with Crippen LogP contribution in [0.5, 0.6) is 0 Å². The largest absolute Gasteiger partial charge is 0.364 e. The molecule has 6 nitrogen and oxygen atoms in total. The number of aryl methyl sites for hydroxylation is 1. The Balaban J connectivity index is 1.44. The van der Waals surface area contributed by atoms with E-state index in [1.165, 1.54) is 19.3 Å². The van der Waals surface area contributed by atoms with E-state index in [2.05, 4.69) is 32.5 Å². The second kappa shape index (κ2) is 9.46. The number of rotatable bonds is 7. The molecule has 6 heteroatoms. The summed E-state index contributed by atoms with van der Waals surface area (Å²) in [7, 11) is 2.17. The Labute approximate surface area is 161 Å². The summed E-state index contributed by atoms with van der Waals surface area (Å²) in [5.41, 5.74) is 2.55. The van der Waals surface area contributed by atoms with Gasteiger partial charge in [-0.25, -0.2) is 4.98 Å². The van der Waals surface area contributed by atoms with Gasteiger partial charge >= 0.3 is 0 Å². The lowest BCUT2D eigenvalue weighted by Crippen LogP contribution is -2.39. The smallest absolute Gasteiger partial charge is 0.252 e. The zero-order chi connectivity index (χ0) is 19.1. The molecule has 144 valence electrons. The van der Waals surface area contributed by atoms with Crippen LogP contribution < -0.4 is 10.6 Å². The maximum absolute atomic E-state index is 12.3. The summed E-state index contributed by atoms with van der Waals surface area (Å²) in [5.74, 6) is 0.673. The van der Waals surface area contributed by atoms with Crippen molar-refractivity contribution in [1.29, 1.82) is 0 Å². The molecule has 1 fully saturated rings. The highest BCUT2D eigenvalue weighted by Crippen LogP contribution is 2.17. The fraction of sp³-hybridized carbons (Fsp3) is 0.476. The Bertz CT molecular complexity index is 746. The predicted molar refractivity (Wildman–Crippen MR) is 108 cm³/mol. The lowest BCUT2D eigenvalue weighted by Gasteiger charge is -2.32. The van der Waals surface area contributed by atoms with Crippen LogP contribution in [0.25, 0.3) is 0 Å². The van der Waals surface area contributed by atoms with Gasteiger partial charge in [-0.3, -0.25) is 9.78 Å². The summed E-state index contributed by atoms with van der Waals surface area (Å²) >= 11 is 0. The van der Waals surface area contributed by atoms with Crippen LogP contribution in [0.4, 0.5) is 5.82 Å². The first-order valence-electron chi connectivity index (χ1n) is 9.73. The quantitative estimate of drug-likeness (QED) is 0.787. The number of anilines is 1. The molecule has 1 aliphatic rings. The highest BCUT2D eigenvalue weighted by Gasteiger charge is 2.18. The van der Waals surface area contributed by atoms with Gasteiger partial charge in [-0.1, -0.05) is 12.5 Å². The van der Waals surface area contributed by atoms with Crippen molar-refractivity contribution in [1.82, 2.24) is 20.2 Å². The second-order valence-electron chi connectivity index (χ2n) is 7.23. The topological polar surface area (TPSA) is 70.2 Å². The van der Waals surface area contributed by atoms with E-state index in [4.69, 9.17) is 0 Å². The van der Waals surface area contributed by atoms with E-state index in [0.29, 0.717) is 24.7 Å². The lowest BCUT2D eigenvalue weighted by molar-refractivity contribution is 0.0945. The van der Waals surface area contributed by atoms with Gasteiger partial charge in [0.05, 0.1) is 17.8 Å². The van der Waals surface area contributed by atoms with E-state index in [9.17, 15) is 4.79 Å². The molecule has 2 aromatic heterocycles. The fourth-order valence-electron chi connectivity index (χ4n) is 3.48. The van der Waals surface area contributed by atoms with Crippen molar-refractivity contribution in [2.45, 2.75) is 45.2 Å². The number of aromatic nitrogens is 2. The molecule has 1 atom stereocenters. The van der Waals surface area contributed by atoms with Gasteiger partial charge in [0.25, 0.3) is 5.91 Å². The van der Waals surface area contributed by atoms with Crippen LogP contribution in [0.15, 0.2) is 36.5 Å². The van der Waals surface area contributed by atoms with Crippen molar-refractivity contribution < 1.29 is 4.79 Å². The molecule has 3 rings (SSSR count). The summed E-state index contributed by atoms with van der Waals surface area (Å²) in [4.78, 5) is 23.5. The van der Waals surface area contributed by atoms with Crippen molar-refractivity contribution >= 4 is 11.7 Å². The van der Waals surface area contributed by atoms with Gasteiger partial charge in [0.2, 0.25) is 0 Å². The van der Waals surface area contributed by atoms with E-state index in [1.807, 2.05) is 31.2 Å². The van der Waals surface area contributed by atoms with Gasteiger partial charge in [0.15, 0.2) is 0 Å². The number of carbonyl (C=O) groups is 1. The number of hydrogen-bond acceptors (Lipinski definition) is 5. The average Bonchev–Trinajstić information content (AvgIpc) is 2.68. The Morgan fingerprint density at radius 3 is 2.89 bits per heavy atom. The Morgan fingerprint density at radius 1 is 1.26 bits per heavy atom. The minimum absolute atomic E-state index is 0.0622. The highest BCUT2D eigenvalue weighted by molar-refractivity contribution is 5.94. The molecule has 0 spiro atoms. The molecule has 0 bridgehead atoms. The van der Waals surface area contributed by atoms with Gasteiger partial charge in [0, 0.05) is 24.5 Å². The predicted octanol–water partition coefficient (Wildman–Crippen LogP) is 3.00. The summed E-state index contributed by atoms with van der Waals surface area (Å²) in [6.07, 6.45) is 6.42. The van der Waals surface area contributed by atoms with E-state index < -0.39 is 0 Å². The third-order valence-corrected chi connectivity index (χ3v) is 5.11. The van der Waals surface area contributed by atoms with E-state index in [1.54, 1.807) is 12.3 Å². The molecule has 1 amide bonds. The van der Waals surface area contributed by atoms with Gasteiger partial charge in [-0.2, -0.15) is 0 Å². The van der Waals surface area contributed by atoms with E-state index >= 15 is 0 Å². The Morgan fingerprint density at radius 2 is 2.15 bits per heavy atom. The van der Waals surface area contributed by atoms with Crippen LogP contribution >= 0.6 is 0 Å². The molecule has 2 N–H and O–H groups in total. The average molecular weight is 367 g/mol. The van der Waals surface area contributed by atoms with Crippen LogP contribution in [0.3, 0.4) is 0 Å². The molecular formula is C21H29N5O. The highest BCUT2D eigenvalue weighted by atomic mass is 16.1. The third kappa shape index (κ3) is 5.76. The number of likely N-dealkylation sites (tertiary alicyclic amines) is 1. The van der Waals surface area contributed by atoms with Gasteiger partial charge in [0.1, 0.15) is 5.82 Å². The molecule has 1 aliphatic heterocycles. The normalized spacial score (nSPS) is 17.5. The molecule has 27 heavy (non-hydrogen) atoms. The third-order valence-electron chi connectivity index (χ3n) is 5.11. The van der Waals surface area contributed by atoms with Gasteiger partial charge < -0.3 is 15.5 Å². The Kier molecular flexibility index (Phi) is 6.76. The molecule has 0 unspecified atom stereocenters. The minimum atomic E-state index is -0.0622. The summed E-state index contributed by atoms with van der Waals surface area (Å²) in [5, 5.41) is 6.25. The molecule has 1 saturated heterocycles. The number of pyridine rings is 2. The molecule has 3 heterocycles. The maximum Gasteiger partial charge on any atom is 0.252 e. The first kappa shape index (κ1) is 19.3. The van der Waals surface area contributed by atoms with Gasteiger partial charge in [-0.05, 0) is 64.0 Å². The number of amides is 1. The van der Waals surface area contributed by atoms with Crippen LogP contribution in [-0.2, 0) is 6.54 Å². The van der Waals surface area contributed by atoms with E-state index in [-0.39, 0.29) is 5.91 Å². The standard InChI is InChI=1S/C21H29N5O/c1-16-6-5-7-18(25-16)15-24-20-10-9-17(14-23-20)21(27)22-12-11-19-8-3-4-13-26(19)2/h5-7,9-10,14,19H,3-4,8,11-13,15H2,1-2H3,(H,22,27)(H,23,24)/t19-/m0/s1. The number of carbonyl (C=O) groups excluding carboxylic acids is 1. The van der Waals surface area contributed by atoms with Crippen LogP contribution in [0, 0.1) is 6.92 Å². The lowest BCUT2D eigenvalue weighted by atomic mass is 10.0. The fourth-order valence-corrected chi connectivity index (χ4v) is 3.48. The molecule has 0 aromatic carbocycles. The molecular weight excluding hydrogens is 338 g/mol. The SMILES string of the molecule is Cc1cccc(CNc2ccc(C(=O)NCC[C@@H]3CCCCN3C)cn2)n1. The van der Waals surface area contributed by atoms with E-state index in [0.717, 1.165) is 30.2 Å². The zero-order valence-electron chi connectivity index (χ0n) is 16.2. The monoisotopic (exact) mass is 367 g/mol. The van der Waals surface area contributed by atoms with Crippen molar-refractivity contribution in [3.8, 4) is 0 Å². The number of hydrogen-bond donors (Lipinski definition) is 2. The minimum Gasteiger partial charge on any atom is -0.364 e. The number of nitrogens with one attached hydrogen (secondary N) is 2. The molecule has 0 radical (unpaired) electrons. The van der Waals surface area contributed by atoms with Crippen molar-refractivity contribution in [2.24, 2.45) is 0 Å². The summed E-state index contributed by atoms with van der Waals surface area (Å²) in [6.45, 7) is 4.44. The summed E-state index contributed by atoms with van der Waals surface area (Å²) < 4.78 is 0. The Hall–Kier alpha value is -2.47. The molecule has 0 aliphatic carbocycles. The maximum atomic E-state index is 12.3. The molecule has 0 saturated carbocycles. The van der Waals surface area contributed by atoms with Crippen LogP contribution in [0.2, 0.25) is 0 Å². The van der Waals surface area contributed by atoms with Crippen LogP contribution in [-0.4, -0.2) is 47.0 Å².